The monoisotopic (exact) mass is 365 g/mol. The molecule has 5 nitrogen and oxygen atoms in total. The summed E-state index contributed by atoms with van der Waals surface area (Å²) in [5, 5.41) is 6.28. The molecular weight excluding hydrogens is 338 g/mol. The Morgan fingerprint density at radius 1 is 1.11 bits per heavy atom. The van der Waals surface area contributed by atoms with Gasteiger partial charge in [-0.1, -0.05) is 18.2 Å². The normalized spacial score (nSPS) is 17.4. The van der Waals surface area contributed by atoms with Gasteiger partial charge in [-0.05, 0) is 68.2 Å². The van der Waals surface area contributed by atoms with Crippen LogP contribution in [0.5, 0.6) is 5.75 Å². The molecule has 2 aromatic rings. The average molecular weight is 365 g/mol. The number of hydrogen-bond acceptors (Lipinski definition) is 3. The predicted molar refractivity (Wildman–Crippen MR) is 104 cm³/mol. The largest absolute Gasteiger partial charge is 0.489 e. The van der Waals surface area contributed by atoms with Gasteiger partial charge < -0.3 is 15.4 Å². The number of aromatic nitrogens is 1. The lowest BCUT2D eigenvalue weighted by molar-refractivity contribution is 0.230. The van der Waals surface area contributed by atoms with Crippen molar-refractivity contribution in [3.8, 4) is 5.75 Å². The van der Waals surface area contributed by atoms with E-state index in [0.717, 1.165) is 16.9 Å². The van der Waals surface area contributed by atoms with Gasteiger partial charge in [0.25, 0.3) is 0 Å². The number of carbonyl (C=O) groups is 1. The molecule has 0 saturated heterocycles. The summed E-state index contributed by atoms with van der Waals surface area (Å²) in [5.74, 6) is 2.21. The second-order valence-corrected chi connectivity index (χ2v) is 7.76. The van der Waals surface area contributed by atoms with Crippen LogP contribution in [0.4, 0.5) is 4.79 Å². The smallest absolute Gasteiger partial charge is 0.315 e. The van der Waals surface area contributed by atoms with Crippen LogP contribution < -0.4 is 15.4 Å². The van der Waals surface area contributed by atoms with Gasteiger partial charge in [0.2, 0.25) is 0 Å². The van der Waals surface area contributed by atoms with Crippen molar-refractivity contribution >= 4 is 6.03 Å². The number of rotatable bonds is 8. The fourth-order valence-electron chi connectivity index (χ4n) is 3.51. The number of hydrogen-bond donors (Lipinski definition) is 2. The third kappa shape index (κ3) is 5.00. The van der Waals surface area contributed by atoms with Crippen molar-refractivity contribution in [2.24, 2.45) is 11.8 Å². The highest BCUT2D eigenvalue weighted by molar-refractivity contribution is 5.75. The summed E-state index contributed by atoms with van der Waals surface area (Å²) in [6.07, 6.45) is 8.60. The van der Waals surface area contributed by atoms with E-state index in [-0.39, 0.29) is 12.1 Å². The van der Waals surface area contributed by atoms with Gasteiger partial charge in [-0.25, -0.2) is 4.79 Å². The molecule has 1 atom stereocenters. The number of pyridine rings is 1. The Hall–Kier alpha value is -2.56. The number of ether oxygens (including phenoxy) is 1. The van der Waals surface area contributed by atoms with Crippen molar-refractivity contribution < 1.29 is 9.53 Å². The highest BCUT2D eigenvalue weighted by Crippen LogP contribution is 2.44. The second-order valence-electron chi connectivity index (χ2n) is 7.76. The predicted octanol–water partition coefficient (Wildman–Crippen LogP) is 4.21. The van der Waals surface area contributed by atoms with Gasteiger partial charge in [0.05, 0.1) is 6.04 Å². The van der Waals surface area contributed by atoms with Crippen LogP contribution >= 0.6 is 0 Å². The molecule has 5 heteroatoms. The Bertz CT molecular complexity index is 743. The molecule has 2 aliphatic carbocycles. The van der Waals surface area contributed by atoms with Crippen LogP contribution in [-0.4, -0.2) is 17.1 Å². The van der Waals surface area contributed by atoms with Crippen molar-refractivity contribution in [2.45, 2.75) is 51.3 Å². The SMILES string of the molecule is CC(NC(=O)NC(C1CC1)C1CC1)c1ccc(OCc2cccnc2)cc1. The van der Waals surface area contributed by atoms with Gasteiger partial charge >= 0.3 is 6.03 Å². The van der Waals surface area contributed by atoms with Gasteiger partial charge in [0.1, 0.15) is 12.4 Å². The summed E-state index contributed by atoms with van der Waals surface area (Å²) in [6, 6.07) is 12.1. The third-order valence-corrected chi connectivity index (χ3v) is 5.41. The lowest BCUT2D eigenvalue weighted by Crippen LogP contribution is -2.45. The summed E-state index contributed by atoms with van der Waals surface area (Å²) in [7, 11) is 0. The van der Waals surface area contributed by atoms with Crippen LogP contribution in [0.1, 0.15) is 49.8 Å². The minimum Gasteiger partial charge on any atom is -0.489 e. The fraction of sp³-hybridized carbons (Fsp3) is 0.455. The molecule has 1 aromatic carbocycles. The van der Waals surface area contributed by atoms with Crippen LogP contribution in [0, 0.1) is 11.8 Å². The topological polar surface area (TPSA) is 63.2 Å². The summed E-state index contributed by atoms with van der Waals surface area (Å²) < 4.78 is 5.79. The van der Waals surface area contributed by atoms with Crippen molar-refractivity contribution in [3.05, 3.63) is 59.9 Å². The van der Waals surface area contributed by atoms with Crippen molar-refractivity contribution in [2.75, 3.05) is 0 Å². The zero-order valence-corrected chi connectivity index (χ0v) is 15.7. The Kier molecular flexibility index (Phi) is 5.28. The van der Waals surface area contributed by atoms with Crippen LogP contribution in [0.2, 0.25) is 0 Å². The van der Waals surface area contributed by atoms with Crippen LogP contribution in [0.3, 0.4) is 0 Å². The van der Waals surface area contributed by atoms with Crippen molar-refractivity contribution in [1.29, 1.82) is 0 Å². The third-order valence-electron chi connectivity index (χ3n) is 5.41. The first-order valence-corrected chi connectivity index (χ1v) is 9.88. The van der Waals surface area contributed by atoms with Gasteiger partial charge in [-0.15, -0.1) is 0 Å². The van der Waals surface area contributed by atoms with Crippen LogP contribution in [0.25, 0.3) is 0 Å². The first kappa shape index (κ1) is 17.8. The molecule has 2 saturated carbocycles. The lowest BCUT2D eigenvalue weighted by Gasteiger charge is -2.21. The highest BCUT2D eigenvalue weighted by Gasteiger charge is 2.42. The van der Waals surface area contributed by atoms with Crippen LogP contribution in [-0.2, 0) is 6.61 Å². The Balaban J connectivity index is 1.26. The number of amides is 2. The molecule has 2 fully saturated rings. The van der Waals surface area contributed by atoms with Crippen molar-refractivity contribution in [3.63, 3.8) is 0 Å². The van der Waals surface area contributed by atoms with E-state index in [1.165, 1.54) is 25.7 Å². The first-order chi connectivity index (χ1) is 13.2. The number of nitrogens with one attached hydrogen (secondary N) is 2. The van der Waals surface area contributed by atoms with E-state index in [4.69, 9.17) is 4.74 Å². The maximum Gasteiger partial charge on any atom is 0.315 e. The van der Waals surface area contributed by atoms with Crippen molar-refractivity contribution in [1.82, 2.24) is 15.6 Å². The molecule has 27 heavy (non-hydrogen) atoms. The summed E-state index contributed by atoms with van der Waals surface area (Å²) in [6.45, 7) is 2.50. The molecule has 1 heterocycles. The van der Waals surface area contributed by atoms with E-state index >= 15 is 0 Å². The van der Waals surface area contributed by atoms with E-state index in [1.807, 2.05) is 43.3 Å². The number of urea groups is 1. The summed E-state index contributed by atoms with van der Waals surface area (Å²) in [5.41, 5.74) is 2.10. The van der Waals surface area contributed by atoms with Crippen LogP contribution in [0.15, 0.2) is 48.8 Å². The first-order valence-electron chi connectivity index (χ1n) is 9.88. The zero-order chi connectivity index (χ0) is 18.6. The maximum atomic E-state index is 12.4. The molecule has 2 aliphatic rings. The quantitative estimate of drug-likeness (QED) is 0.737. The molecule has 2 amide bonds. The number of carbonyl (C=O) groups excluding carboxylic acids is 1. The highest BCUT2D eigenvalue weighted by atomic mass is 16.5. The lowest BCUT2D eigenvalue weighted by atomic mass is 10.1. The molecule has 0 spiro atoms. The summed E-state index contributed by atoms with van der Waals surface area (Å²) in [4.78, 5) is 16.5. The number of nitrogens with zero attached hydrogens (tertiary/aromatic N) is 1. The molecular formula is C22H27N3O2. The van der Waals surface area contributed by atoms with E-state index < -0.39 is 0 Å². The molecule has 142 valence electrons. The van der Waals surface area contributed by atoms with E-state index in [9.17, 15) is 4.79 Å². The van der Waals surface area contributed by atoms with Gasteiger partial charge in [-0.3, -0.25) is 4.98 Å². The Morgan fingerprint density at radius 3 is 2.41 bits per heavy atom. The minimum atomic E-state index is -0.0526. The molecule has 0 bridgehead atoms. The average Bonchev–Trinajstić information content (AvgIpc) is 3.59. The minimum absolute atomic E-state index is 0.0450. The van der Waals surface area contributed by atoms with E-state index in [2.05, 4.69) is 15.6 Å². The molecule has 0 aliphatic heterocycles. The maximum absolute atomic E-state index is 12.4. The standard InChI is InChI=1S/C22H27N3O2/c1-15(24-22(26)25-21(18-4-5-18)19-6-7-19)17-8-10-20(11-9-17)27-14-16-3-2-12-23-13-16/h2-3,8-13,15,18-19,21H,4-7,14H2,1H3,(H2,24,25,26). The molecule has 1 aromatic heterocycles. The molecule has 0 radical (unpaired) electrons. The van der Waals surface area contributed by atoms with E-state index in [1.54, 1.807) is 12.4 Å². The van der Waals surface area contributed by atoms with Gasteiger partial charge in [0, 0.05) is 24.0 Å². The molecule has 2 N–H and O–H groups in total. The fourth-order valence-corrected chi connectivity index (χ4v) is 3.51. The zero-order valence-electron chi connectivity index (χ0n) is 15.7. The van der Waals surface area contributed by atoms with Gasteiger partial charge in [0.15, 0.2) is 0 Å². The summed E-state index contributed by atoms with van der Waals surface area (Å²) >= 11 is 0. The van der Waals surface area contributed by atoms with Gasteiger partial charge in [-0.2, -0.15) is 0 Å². The number of benzene rings is 1. The Labute approximate surface area is 160 Å². The molecule has 1 unspecified atom stereocenters. The Morgan fingerprint density at radius 2 is 1.81 bits per heavy atom. The molecule has 4 rings (SSSR count). The second kappa shape index (κ2) is 7.99. The van der Waals surface area contributed by atoms with E-state index in [0.29, 0.717) is 24.5 Å².